The number of morpholine rings is 1. The first kappa shape index (κ1) is 18.9. The smallest absolute Gasteiger partial charge is 0.0594 e. The average molecular weight is 373 g/mol. The number of rotatable bonds is 7. The second-order valence-electron chi connectivity index (χ2n) is 7.37. The summed E-state index contributed by atoms with van der Waals surface area (Å²) in [6.07, 6.45) is 0. The van der Waals surface area contributed by atoms with Crippen molar-refractivity contribution in [2.45, 2.75) is 19.6 Å². The molecular weight excluding hydrogens is 344 g/mol. The molecule has 3 nitrogen and oxygen atoms in total. The lowest BCUT2D eigenvalue weighted by Gasteiger charge is -2.26. The van der Waals surface area contributed by atoms with Gasteiger partial charge in [0.05, 0.1) is 13.2 Å². The third-order valence-corrected chi connectivity index (χ3v) is 5.23. The van der Waals surface area contributed by atoms with E-state index in [9.17, 15) is 0 Å². The summed E-state index contributed by atoms with van der Waals surface area (Å²) in [6, 6.07) is 28.3. The molecule has 0 radical (unpaired) electrons. The van der Waals surface area contributed by atoms with Gasteiger partial charge in [-0.2, -0.15) is 0 Å². The van der Waals surface area contributed by atoms with Crippen LogP contribution in [0.25, 0.3) is 11.1 Å². The van der Waals surface area contributed by atoms with Crippen LogP contribution < -0.4 is 5.32 Å². The minimum Gasteiger partial charge on any atom is -0.379 e. The molecule has 4 rings (SSSR count). The fourth-order valence-electron chi connectivity index (χ4n) is 3.62. The first-order chi connectivity index (χ1) is 13.9. The highest BCUT2D eigenvalue weighted by molar-refractivity contribution is 5.63. The van der Waals surface area contributed by atoms with Crippen molar-refractivity contribution in [3.05, 3.63) is 95.6 Å². The maximum absolute atomic E-state index is 5.42. The first-order valence-electron chi connectivity index (χ1n) is 10.1. The summed E-state index contributed by atoms with van der Waals surface area (Å²) in [4.78, 5) is 2.45. The summed E-state index contributed by atoms with van der Waals surface area (Å²) in [5.41, 5.74) is 6.55. The van der Waals surface area contributed by atoms with Gasteiger partial charge in [0.15, 0.2) is 0 Å². The molecule has 0 saturated carbocycles. The van der Waals surface area contributed by atoms with Crippen LogP contribution in [0.3, 0.4) is 0 Å². The number of hydrogen-bond acceptors (Lipinski definition) is 3. The van der Waals surface area contributed by atoms with E-state index in [1.165, 1.54) is 27.8 Å². The first-order valence-corrected chi connectivity index (χ1v) is 10.1. The van der Waals surface area contributed by atoms with Crippen molar-refractivity contribution < 1.29 is 4.74 Å². The van der Waals surface area contributed by atoms with Crippen LogP contribution in [0.1, 0.15) is 16.7 Å². The Morgan fingerprint density at radius 2 is 1.36 bits per heavy atom. The fraction of sp³-hybridized carbons (Fsp3) is 0.280. The van der Waals surface area contributed by atoms with E-state index in [1.807, 2.05) is 0 Å². The van der Waals surface area contributed by atoms with Crippen LogP contribution in [-0.2, 0) is 24.4 Å². The summed E-state index contributed by atoms with van der Waals surface area (Å²) >= 11 is 0. The molecule has 0 atom stereocenters. The SMILES string of the molecule is c1ccc(-c2cccc(CNCc3ccc(CN4CCOCC4)cc3)c2)cc1. The standard InChI is InChI=1S/C25H28N2O/c1-2-6-24(7-3-1)25-8-4-5-23(17-25)19-26-18-21-9-11-22(12-10-21)20-27-13-15-28-16-14-27/h1-12,17,26H,13-16,18-20H2. The summed E-state index contributed by atoms with van der Waals surface area (Å²) in [5.74, 6) is 0. The van der Waals surface area contributed by atoms with Gasteiger partial charge in [0.1, 0.15) is 0 Å². The zero-order valence-electron chi connectivity index (χ0n) is 16.3. The Hall–Kier alpha value is -2.46. The molecule has 1 aliphatic rings. The Morgan fingerprint density at radius 3 is 2.14 bits per heavy atom. The van der Waals surface area contributed by atoms with Crippen LogP contribution in [0, 0.1) is 0 Å². The van der Waals surface area contributed by atoms with E-state index in [1.54, 1.807) is 0 Å². The van der Waals surface area contributed by atoms with Crippen LogP contribution >= 0.6 is 0 Å². The third-order valence-electron chi connectivity index (χ3n) is 5.23. The van der Waals surface area contributed by atoms with Crippen LogP contribution in [0.15, 0.2) is 78.9 Å². The predicted molar refractivity (Wildman–Crippen MR) is 115 cm³/mol. The molecule has 3 heteroatoms. The maximum atomic E-state index is 5.42. The van der Waals surface area contributed by atoms with E-state index in [0.717, 1.165) is 45.9 Å². The second-order valence-corrected chi connectivity index (χ2v) is 7.37. The van der Waals surface area contributed by atoms with E-state index in [2.05, 4.69) is 89.1 Å². The van der Waals surface area contributed by atoms with Crippen LogP contribution in [0.4, 0.5) is 0 Å². The van der Waals surface area contributed by atoms with Crippen LogP contribution in [-0.4, -0.2) is 31.2 Å². The van der Waals surface area contributed by atoms with E-state index in [4.69, 9.17) is 4.74 Å². The van der Waals surface area contributed by atoms with Gasteiger partial charge < -0.3 is 10.1 Å². The van der Waals surface area contributed by atoms with Gasteiger partial charge in [-0.05, 0) is 33.9 Å². The van der Waals surface area contributed by atoms with Crippen molar-refractivity contribution in [2.24, 2.45) is 0 Å². The summed E-state index contributed by atoms with van der Waals surface area (Å²) in [6.45, 7) is 6.55. The summed E-state index contributed by atoms with van der Waals surface area (Å²) in [7, 11) is 0. The normalized spacial score (nSPS) is 14.9. The van der Waals surface area contributed by atoms with E-state index >= 15 is 0 Å². The topological polar surface area (TPSA) is 24.5 Å². The highest BCUT2D eigenvalue weighted by Crippen LogP contribution is 2.20. The molecule has 1 saturated heterocycles. The number of ether oxygens (including phenoxy) is 1. The van der Waals surface area contributed by atoms with Gasteiger partial charge in [0.2, 0.25) is 0 Å². The highest BCUT2D eigenvalue weighted by Gasteiger charge is 2.10. The fourth-order valence-corrected chi connectivity index (χ4v) is 3.62. The van der Waals surface area contributed by atoms with Gasteiger partial charge in [-0.25, -0.2) is 0 Å². The molecule has 1 fully saturated rings. The van der Waals surface area contributed by atoms with Crippen molar-refractivity contribution in [3.8, 4) is 11.1 Å². The molecule has 3 aromatic carbocycles. The van der Waals surface area contributed by atoms with Gasteiger partial charge >= 0.3 is 0 Å². The molecule has 144 valence electrons. The Balaban J connectivity index is 1.28. The maximum Gasteiger partial charge on any atom is 0.0594 e. The number of hydrogen-bond donors (Lipinski definition) is 1. The Morgan fingerprint density at radius 1 is 0.679 bits per heavy atom. The monoisotopic (exact) mass is 372 g/mol. The van der Waals surface area contributed by atoms with Crippen LogP contribution in [0.5, 0.6) is 0 Å². The zero-order valence-corrected chi connectivity index (χ0v) is 16.3. The van der Waals surface area contributed by atoms with Gasteiger partial charge in [0.25, 0.3) is 0 Å². The Kier molecular flexibility index (Phi) is 6.51. The second kappa shape index (κ2) is 9.65. The lowest BCUT2D eigenvalue weighted by atomic mass is 10.0. The average Bonchev–Trinajstić information content (AvgIpc) is 2.77. The molecule has 0 aromatic heterocycles. The summed E-state index contributed by atoms with van der Waals surface area (Å²) < 4.78 is 5.42. The zero-order chi connectivity index (χ0) is 19.0. The van der Waals surface area contributed by atoms with Crippen molar-refractivity contribution >= 4 is 0 Å². The molecule has 0 bridgehead atoms. The molecule has 1 aliphatic heterocycles. The molecule has 0 amide bonds. The predicted octanol–water partition coefficient (Wildman–Crippen LogP) is 4.48. The minimum atomic E-state index is 0.855. The van der Waals surface area contributed by atoms with E-state index < -0.39 is 0 Å². The lowest BCUT2D eigenvalue weighted by molar-refractivity contribution is 0.0342. The molecular formula is C25H28N2O. The van der Waals surface area contributed by atoms with E-state index in [-0.39, 0.29) is 0 Å². The molecule has 1 heterocycles. The molecule has 0 aliphatic carbocycles. The minimum absolute atomic E-state index is 0.855. The third kappa shape index (κ3) is 5.29. The van der Waals surface area contributed by atoms with Gasteiger partial charge in [-0.1, -0.05) is 72.8 Å². The molecule has 0 spiro atoms. The van der Waals surface area contributed by atoms with Crippen molar-refractivity contribution in [1.29, 1.82) is 0 Å². The summed E-state index contributed by atoms with van der Waals surface area (Å²) in [5, 5.41) is 3.57. The quantitative estimate of drug-likeness (QED) is 0.662. The highest BCUT2D eigenvalue weighted by atomic mass is 16.5. The number of benzene rings is 3. The van der Waals surface area contributed by atoms with Crippen molar-refractivity contribution in [2.75, 3.05) is 26.3 Å². The number of nitrogens with zero attached hydrogens (tertiary/aromatic N) is 1. The lowest BCUT2D eigenvalue weighted by Crippen LogP contribution is -2.35. The molecule has 1 N–H and O–H groups in total. The van der Waals surface area contributed by atoms with Gasteiger partial charge in [-0.15, -0.1) is 0 Å². The molecule has 3 aromatic rings. The largest absolute Gasteiger partial charge is 0.379 e. The van der Waals surface area contributed by atoms with Crippen molar-refractivity contribution in [1.82, 2.24) is 10.2 Å². The Labute approximate surface area is 168 Å². The molecule has 28 heavy (non-hydrogen) atoms. The van der Waals surface area contributed by atoms with Gasteiger partial charge in [0, 0.05) is 32.7 Å². The number of nitrogens with one attached hydrogen (secondary N) is 1. The van der Waals surface area contributed by atoms with E-state index in [0.29, 0.717) is 0 Å². The van der Waals surface area contributed by atoms with Crippen LogP contribution in [0.2, 0.25) is 0 Å². The Bertz CT molecular complexity index is 855. The van der Waals surface area contributed by atoms with Crippen molar-refractivity contribution in [3.63, 3.8) is 0 Å². The van der Waals surface area contributed by atoms with Gasteiger partial charge in [-0.3, -0.25) is 4.90 Å². The molecule has 0 unspecified atom stereocenters.